The Labute approximate surface area is 224 Å². The fraction of sp³-hybridized carbons (Fsp3) is 0.179. The molecule has 0 fully saturated rings. The monoisotopic (exact) mass is 578 g/mol. The number of thiazole rings is 1. The first kappa shape index (κ1) is 25.0. The van der Waals surface area contributed by atoms with Crippen LogP contribution in [0.15, 0.2) is 74.1 Å². The number of fused-ring (bicyclic) bond motifs is 2. The number of hydrogen-bond donors (Lipinski definition) is 1. The highest BCUT2D eigenvalue weighted by Gasteiger charge is 2.33. The van der Waals surface area contributed by atoms with Crippen molar-refractivity contribution in [2.24, 2.45) is 4.99 Å². The summed E-state index contributed by atoms with van der Waals surface area (Å²) in [6.45, 7) is 3.29. The number of Topliss-reactive ketones (excluding diaryl/α,β-unsaturated/α-hetero) is 1. The Hall–Kier alpha value is -3.69. The van der Waals surface area contributed by atoms with E-state index in [4.69, 9.17) is 9.47 Å². The van der Waals surface area contributed by atoms with Gasteiger partial charge in [-0.25, -0.2) is 4.99 Å². The lowest BCUT2D eigenvalue weighted by Gasteiger charge is -2.27. The van der Waals surface area contributed by atoms with Crippen molar-refractivity contribution in [1.29, 1.82) is 0 Å². The van der Waals surface area contributed by atoms with E-state index in [0.29, 0.717) is 36.4 Å². The predicted octanol–water partition coefficient (Wildman–Crippen LogP) is 4.46. The zero-order chi connectivity index (χ0) is 26.4. The van der Waals surface area contributed by atoms with Crippen molar-refractivity contribution < 1.29 is 19.4 Å². The third-order valence-corrected chi connectivity index (χ3v) is 8.08. The third kappa shape index (κ3) is 4.18. The van der Waals surface area contributed by atoms with E-state index in [-0.39, 0.29) is 22.8 Å². The average molecular weight is 579 g/mol. The number of halogens is 1. The molecule has 1 aliphatic rings. The quantitative estimate of drug-likeness (QED) is 0.377. The molecular weight excluding hydrogens is 556 g/mol. The number of ketones is 1. The maximum atomic E-state index is 14.0. The Bertz CT molecular complexity index is 1800. The fourth-order valence-electron chi connectivity index (χ4n) is 4.75. The first-order chi connectivity index (χ1) is 17.7. The van der Waals surface area contributed by atoms with Crippen LogP contribution in [0.5, 0.6) is 17.2 Å². The summed E-state index contributed by atoms with van der Waals surface area (Å²) < 4.78 is 13.6. The summed E-state index contributed by atoms with van der Waals surface area (Å²) in [5, 5.41) is 11.9. The summed E-state index contributed by atoms with van der Waals surface area (Å²) >= 11 is 4.69. The predicted molar refractivity (Wildman–Crippen MR) is 147 cm³/mol. The van der Waals surface area contributed by atoms with Crippen LogP contribution >= 0.6 is 27.3 Å². The molecule has 5 rings (SSSR count). The van der Waals surface area contributed by atoms with E-state index in [2.05, 4.69) is 20.9 Å². The van der Waals surface area contributed by atoms with E-state index in [1.54, 1.807) is 30.7 Å². The van der Waals surface area contributed by atoms with Crippen molar-refractivity contribution in [3.8, 4) is 17.2 Å². The number of carbonyl (C=O) groups excluding carboxylic acids is 1. The summed E-state index contributed by atoms with van der Waals surface area (Å²) in [6, 6.07) is 14.1. The molecule has 3 aromatic carbocycles. The van der Waals surface area contributed by atoms with E-state index < -0.39 is 6.04 Å². The second-order valence-electron chi connectivity index (χ2n) is 8.59. The molecule has 9 heteroatoms. The number of benzene rings is 3. The van der Waals surface area contributed by atoms with Gasteiger partial charge in [0.05, 0.1) is 24.8 Å². The van der Waals surface area contributed by atoms with Crippen LogP contribution in [0.1, 0.15) is 31.0 Å². The Morgan fingerprint density at radius 1 is 1.14 bits per heavy atom. The number of rotatable bonds is 5. The van der Waals surface area contributed by atoms with Gasteiger partial charge in [-0.2, -0.15) is 0 Å². The van der Waals surface area contributed by atoms with Crippen LogP contribution in [-0.2, 0) is 4.79 Å². The lowest BCUT2D eigenvalue weighted by Crippen LogP contribution is -2.39. The number of hydrogen-bond acceptors (Lipinski definition) is 7. The van der Waals surface area contributed by atoms with Gasteiger partial charge in [0.25, 0.3) is 5.56 Å². The summed E-state index contributed by atoms with van der Waals surface area (Å²) in [4.78, 5) is 32.1. The third-order valence-electron chi connectivity index (χ3n) is 6.41. The van der Waals surface area contributed by atoms with Crippen LogP contribution in [0.3, 0.4) is 0 Å². The number of phenolic OH excluding ortho intramolecular Hbond substituents is 1. The number of ether oxygens (including phenoxy) is 2. The molecular formula is C28H23BrN2O5S. The van der Waals surface area contributed by atoms with Crippen molar-refractivity contribution in [3.05, 3.63) is 95.1 Å². The number of phenols is 1. The number of nitrogens with zero attached hydrogens (tertiary/aromatic N) is 2. The van der Waals surface area contributed by atoms with Crippen LogP contribution in [0.2, 0.25) is 0 Å². The molecule has 1 aliphatic heterocycles. The number of aromatic hydroxyl groups is 1. The smallest absolute Gasteiger partial charge is 0.271 e. The highest BCUT2D eigenvalue weighted by Crippen LogP contribution is 2.40. The van der Waals surface area contributed by atoms with Gasteiger partial charge in [-0.15, -0.1) is 0 Å². The van der Waals surface area contributed by atoms with Gasteiger partial charge in [-0.1, -0.05) is 57.6 Å². The van der Waals surface area contributed by atoms with Crippen LogP contribution in [0.25, 0.3) is 16.8 Å². The lowest BCUT2D eigenvalue weighted by atomic mass is 9.89. The van der Waals surface area contributed by atoms with Crippen LogP contribution < -0.4 is 24.4 Å². The van der Waals surface area contributed by atoms with Gasteiger partial charge in [0.1, 0.15) is 5.75 Å². The van der Waals surface area contributed by atoms with E-state index in [9.17, 15) is 14.7 Å². The minimum Gasteiger partial charge on any atom is -0.504 e. The molecule has 0 spiro atoms. The van der Waals surface area contributed by atoms with Gasteiger partial charge >= 0.3 is 0 Å². The SMILES string of the molecule is COc1cc(/C=c2/sc3n(c2=O)[C@@H](c2c(OC)ccc4ccccc24)C(C(C)=O)=C(C)N=3)c(Br)cc1O. The fourth-order valence-corrected chi connectivity index (χ4v) is 6.24. The number of allylic oxidation sites excluding steroid dienone is 2. The molecule has 1 aromatic heterocycles. The largest absolute Gasteiger partial charge is 0.504 e. The molecule has 0 bridgehead atoms. The lowest BCUT2D eigenvalue weighted by molar-refractivity contribution is -0.114. The summed E-state index contributed by atoms with van der Waals surface area (Å²) in [5.41, 5.74) is 2.12. The zero-order valence-electron chi connectivity index (χ0n) is 20.5. The molecule has 4 aromatic rings. The molecule has 0 unspecified atom stereocenters. The van der Waals surface area contributed by atoms with Crippen molar-refractivity contribution >= 4 is 49.9 Å². The van der Waals surface area contributed by atoms with Crippen LogP contribution in [0.4, 0.5) is 0 Å². The van der Waals surface area contributed by atoms with Crippen molar-refractivity contribution in [3.63, 3.8) is 0 Å². The molecule has 37 heavy (non-hydrogen) atoms. The summed E-state index contributed by atoms with van der Waals surface area (Å²) in [6.07, 6.45) is 1.72. The van der Waals surface area contributed by atoms with E-state index in [1.165, 1.54) is 31.4 Å². The van der Waals surface area contributed by atoms with Crippen LogP contribution in [-0.4, -0.2) is 29.7 Å². The van der Waals surface area contributed by atoms with Gasteiger partial charge in [-0.05, 0) is 54.5 Å². The van der Waals surface area contributed by atoms with Gasteiger partial charge < -0.3 is 14.6 Å². The maximum Gasteiger partial charge on any atom is 0.271 e. The van der Waals surface area contributed by atoms with E-state index in [1.807, 2.05) is 36.4 Å². The minimum absolute atomic E-state index is 0.0160. The Kier molecular flexibility index (Phi) is 6.51. The van der Waals surface area contributed by atoms with Crippen molar-refractivity contribution in [2.75, 3.05) is 14.2 Å². The van der Waals surface area contributed by atoms with E-state index >= 15 is 0 Å². The Morgan fingerprint density at radius 2 is 1.86 bits per heavy atom. The molecule has 188 valence electrons. The van der Waals surface area contributed by atoms with E-state index in [0.717, 1.165) is 16.3 Å². The standard InChI is InChI=1S/C28H23BrN2O5S/c1-14-24(15(2)32)26(25-18-8-6-5-7-16(18)9-10-21(25)35-3)31-27(34)23(37-28(31)30-14)12-17-11-22(36-4)20(33)13-19(17)29/h5-13,26,33H,1-4H3/b23-12+/t26-/m1/s1. The summed E-state index contributed by atoms with van der Waals surface area (Å²) in [7, 11) is 3.04. The Balaban J connectivity index is 1.85. The second kappa shape index (κ2) is 9.64. The topological polar surface area (TPSA) is 90.1 Å². The molecule has 1 atom stereocenters. The molecule has 7 nitrogen and oxygen atoms in total. The number of methoxy groups -OCH3 is 2. The minimum atomic E-state index is -0.713. The molecule has 0 saturated carbocycles. The zero-order valence-corrected chi connectivity index (χ0v) is 22.9. The second-order valence-corrected chi connectivity index (χ2v) is 10.4. The molecule has 0 saturated heterocycles. The normalized spacial score (nSPS) is 15.5. The molecule has 0 radical (unpaired) electrons. The molecule has 1 N–H and O–H groups in total. The van der Waals surface area contributed by atoms with Gasteiger partial charge in [-0.3, -0.25) is 14.2 Å². The highest BCUT2D eigenvalue weighted by molar-refractivity contribution is 9.10. The molecule has 0 amide bonds. The first-order valence-electron chi connectivity index (χ1n) is 11.4. The van der Waals surface area contributed by atoms with Gasteiger partial charge in [0, 0.05) is 21.3 Å². The van der Waals surface area contributed by atoms with Crippen LogP contribution in [0, 0.1) is 0 Å². The van der Waals surface area contributed by atoms with Gasteiger partial charge in [0.2, 0.25) is 0 Å². The Morgan fingerprint density at radius 3 is 2.57 bits per heavy atom. The maximum absolute atomic E-state index is 14.0. The molecule has 0 aliphatic carbocycles. The average Bonchev–Trinajstić information content (AvgIpc) is 3.18. The van der Waals surface area contributed by atoms with Gasteiger partial charge in [0.15, 0.2) is 22.1 Å². The highest BCUT2D eigenvalue weighted by atomic mass is 79.9. The molecule has 2 heterocycles. The van der Waals surface area contributed by atoms with Crippen molar-refractivity contribution in [1.82, 2.24) is 4.57 Å². The number of aromatic nitrogens is 1. The number of carbonyl (C=O) groups is 1. The summed E-state index contributed by atoms with van der Waals surface area (Å²) in [5.74, 6) is 0.687. The first-order valence-corrected chi connectivity index (χ1v) is 13.0. The van der Waals surface area contributed by atoms with Crippen molar-refractivity contribution in [2.45, 2.75) is 19.9 Å².